The van der Waals surface area contributed by atoms with E-state index in [9.17, 15) is 0 Å². The lowest BCUT2D eigenvalue weighted by Crippen LogP contribution is -2.07. The molecule has 0 aliphatic carbocycles. The first kappa shape index (κ1) is 13.4. The molecule has 2 heterocycles. The lowest BCUT2D eigenvalue weighted by Gasteiger charge is -2.15. The standard InChI is InChI=1S/C16H18N4O/c1-11-8-16(13(3)21-11)12(2)19-14-4-6-15(7-5-14)20-10-17-9-18-20/h4-10,12,19H,1-3H3. The third-order valence-corrected chi connectivity index (χ3v) is 3.48. The zero-order valence-electron chi connectivity index (χ0n) is 12.4. The molecule has 5 nitrogen and oxygen atoms in total. The zero-order chi connectivity index (χ0) is 14.8. The quantitative estimate of drug-likeness (QED) is 0.793. The van der Waals surface area contributed by atoms with Crippen LogP contribution in [-0.2, 0) is 0 Å². The molecule has 1 N–H and O–H groups in total. The van der Waals surface area contributed by atoms with Gasteiger partial charge in [-0.1, -0.05) is 0 Å². The van der Waals surface area contributed by atoms with Gasteiger partial charge in [-0.15, -0.1) is 0 Å². The number of nitrogens with one attached hydrogen (secondary N) is 1. The van der Waals surface area contributed by atoms with E-state index in [0.29, 0.717) is 0 Å². The van der Waals surface area contributed by atoms with E-state index in [0.717, 1.165) is 22.9 Å². The molecule has 108 valence electrons. The Morgan fingerprint density at radius 1 is 1.19 bits per heavy atom. The third kappa shape index (κ3) is 2.81. The second kappa shape index (κ2) is 5.44. The van der Waals surface area contributed by atoms with Crippen LogP contribution in [0.2, 0.25) is 0 Å². The molecule has 0 amide bonds. The lowest BCUT2D eigenvalue weighted by atomic mass is 10.1. The molecule has 1 unspecified atom stereocenters. The van der Waals surface area contributed by atoms with Crippen molar-refractivity contribution >= 4 is 5.69 Å². The number of rotatable bonds is 4. The molecule has 2 aromatic heterocycles. The molecule has 5 heteroatoms. The van der Waals surface area contributed by atoms with E-state index in [2.05, 4.69) is 28.4 Å². The van der Waals surface area contributed by atoms with Crippen LogP contribution in [0.25, 0.3) is 5.69 Å². The van der Waals surface area contributed by atoms with Gasteiger partial charge in [-0.05, 0) is 51.1 Å². The smallest absolute Gasteiger partial charge is 0.138 e. The van der Waals surface area contributed by atoms with Gasteiger partial charge in [-0.25, -0.2) is 9.67 Å². The molecule has 0 bridgehead atoms. The predicted octanol–water partition coefficient (Wildman–Crippen LogP) is 3.65. The molecule has 1 aromatic carbocycles. The Balaban J connectivity index is 1.74. The fourth-order valence-electron chi connectivity index (χ4n) is 2.46. The van der Waals surface area contributed by atoms with E-state index in [1.807, 2.05) is 38.1 Å². The van der Waals surface area contributed by atoms with Crippen LogP contribution >= 0.6 is 0 Å². The highest BCUT2D eigenvalue weighted by Gasteiger charge is 2.12. The molecular weight excluding hydrogens is 264 g/mol. The summed E-state index contributed by atoms with van der Waals surface area (Å²) in [5, 5.41) is 7.59. The Bertz CT molecular complexity index is 713. The monoisotopic (exact) mass is 282 g/mol. The van der Waals surface area contributed by atoms with Crippen LogP contribution in [0.3, 0.4) is 0 Å². The Kier molecular flexibility index (Phi) is 3.48. The fraction of sp³-hybridized carbons (Fsp3) is 0.250. The average Bonchev–Trinajstić information content (AvgIpc) is 3.09. The maximum atomic E-state index is 5.58. The Morgan fingerprint density at radius 3 is 2.52 bits per heavy atom. The highest BCUT2D eigenvalue weighted by molar-refractivity contribution is 5.50. The SMILES string of the molecule is Cc1cc(C(C)Nc2ccc(-n3cncn3)cc2)c(C)o1. The Morgan fingerprint density at radius 2 is 1.95 bits per heavy atom. The first-order valence-electron chi connectivity index (χ1n) is 6.92. The van der Waals surface area contributed by atoms with Crippen LogP contribution in [0.4, 0.5) is 5.69 Å². The molecule has 0 saturated carbocycles. The zero-order valence-corrected chi connectivity index (χ0v) is 12.4. The van der Waals surface area contributed by atoms with E-state index in [1.54, 1.807) is 11.0 Å². The first-order valence-corrected chi connectivity index (χ1v) is 6.92. The predicted molar refractivity (Wildman–Crippen MR) is 81.6 cm³/mol. The van der Waals surface area contributed by atoms with Crippen molar-refractivity contribution in [1.82, 2.24) is 14.8 Å². The fourth-order valence-corrected chi connectivity index (χ4v) is 2.46. The molecule has 0 fully saturated rings. The van der Waals surface area contributed by atoms with Gasteiger partial charge in [-0.3, -0.25) is 0 Å². The number of hydrogen-bond acceptors (Lipinski definition) is 4. The number of aromatic nitrogens is 3. The maximum absolute atomic E-state index is 5.58. The lowest BCUT2D eigenvalue weighted by molar-refractivity contribution is 0.500. The van der Waals surface area contributed by atoms with Gasteiger partial charge in [0.2, 0.25) is 0 Å². The van der Waals surface area contributed by atoms with Gasteiger partial charge in [0.15, 0.2) is 0 Å². The summed E-state index contributed by atoms with van der Waals surface area (Å²) in [5.41, 5.74) is 3.23. The van der Waals surface area contributed by atoms with Gasteiger partial charge in [0.1, 0.15) is 24.2 Å². The summed E-state index contributed by atoms with van der Waals surface area (Å²) >= 11 is 0. The van der Waals surface area contributed by atoms with Crippen molar-refractivity contribution < 1.29 is 4.42 Å². The number of hydrogen-bond donors (Lipinski definition) is 1. The molecule has 1 atom stereocenters. The van der Waals surface area contributed by atoms with Gasteiger partial charge >= 0.3 is 0 Å². The minimum atomic E-state index is 0.194. The van der Waals surface area contributed by atoms with Crippen LogP contribution in [-0.4, -0.2) is 14.8 Å². The molecule has 3 rings (SSSR count). The molecule has 0 spiro atoms. The topological polar surface area (TPSA) is 55.9 Å². The first-order chi connectivity index (χ1) is 10.1. The molecule has 0 aliphatic heterocycles. The maximum Gasteiger partial charge on any atom is 0.138 e. The van der Waals surface area contributed by atoms with Crippen molar-refractivity contribution in [1.29, 1.82) is 0 Å². The van der Waals surface area contributed by atoms with Crippen LogP contribution in [0, 0.1) is 13.8 Å². The third-order valence-electron chi connectivity index (χ3n) is 3.48. The number of benzene rings is 1. The summed E-state index contributed by atoms with van der Waals surface area (Å²) in [6.07, 6.45) is 3.21. The van der Waals surface area contributed by atoms with Gasteiger partial charge in [0.25, 0.3) is 0 Å². The van der Waals surface area contributed by atoms with Gasteiger partial charge < -0.3 is 9.73 Å². The molecular formula is C16H18N4O. The summed E-state index contributed by atoms with van der Waals surface area (Å²) in [6.45, 7) is 6.09. The van der Waals surface area contributed by atoms with Crippen LogP contribution in [0.5, 0.6) is 0 Å². The second-order valence-electron chi connectivity index (χ2n) is 5.12. The van der Waals surface area contributed by atoms with Crippen molar-refractivity contribution in [2.24, 2.45) is 0 Å². The van der Waals surface area contributed by atoms with Crippen molar-refractivity contribution in [3.8, 4) is 5.69 Å². The van der Waals surface area contributed by atoms with Gasteiger partial charge in [-0.2, -0.15) is 5.10 Å². The van der Waals surface area contributed by atoms with E-state index >= 15 is 0 Å². The van der Waals surface area contributed by atoms with E-state index in [4.69, 9.17) is 4.42 Å². The van der Waals surface area contributed by atoms with Crippen molar-refractivity contribution in [3.05, 3.63) is 60.1 Å². The van der Waals surface area contributed by atoms with Crippen molar-refractivity contribution in [2.75, 3.05) is 5.32 Å². The molecule has 0 aliphatic rings. The van der Waals surface area contributed by atoms with Crippen LogP contribution < -0.4 is 5.32 Å². The second-order valence-corrected chi connectivity index (χ2v) is 5.12. The summed E-state index contributed by atoms with van der Waals surface area (Å²) in [5.74, 6) is 1.91. The minimum Gasteiger partial charge on any atom is -0.466 e. The van der Waals surface area contributed by atoms with Crippen molar-refractivity contribution in [2.45, 2.75) is 26.8 Å². The molecule has 0 saturated heterocycles. The minimum absolute atomic E-state index is 0.194. The highest BCUT2D eigenvalue weighted by Crippen LogP contribution is 2.25. The van der Waals surface area contributed by atoms with Crippen LogP contribution in [0.15, 0.2) is 47.4 Å². The van der Waals surface area contributed by atoms with Crippen LogP contribution in [0.1, 0.15) is 30.0 Å². The number of anilines is 1. The number of furan rings is 1. The Hall–Kier alpha value is -2.56. The molecule has 0 radical (unpaired) electrons. The number of nitrogens with zero attached hydrogens (tertiary/aromatic N) is 3. The van der Waals surface area contributed by atoms with Gasteiger partial charge in [0, 0.05) is 11.3 Å². The Labute approximate surface area is 123 Å². The van der Waals surface area contributed by atoms with Gasteiger partial charge in [0.05, 0.1) is 11.7 Å². The van der Waals surface area contributed by atoms with Crippen molar-refractivity contribution in [3.63, 3.8) is 0 Å². The summed E-state index contributed by atoms with van der Waals surface area (Å²) < 4.78 is 7.32. The van der Waals surface area contributed by atoms with E-state index < -0.39 is 0 Å². The van der Waals surface area contributed by atoms with E-state index in [1.165, 1.54) is 11.9 Å². The largest absolute Gasteiger partial charge is 0.466 e. The molecule has 3 aromatic rings. The molecule has 21 heavy (non-hydrogen) atoms. The normalized spacial score (nSPS) is 12.3. The summed E-state index contributed by atoms with van der Waals surface area (Å²) in [4.78, 5) is 3.95. The average molecular weight is 282 g/mol. The highest BCUT2D eigenvalue weighted by atomic mass is 16.3. The summed E-state index contributed by atoms with van der Waals surface area (Å²) in [7, 11) is 0. The summed E-state index contributed by atoms with van der Waals surface area (Å²) in [6, 6.07) is 10.4. The van der Waals surface area contributed by atoms with E-state index in [-0.39, 0.29) is 6.04 Å². The number of aryl methyl sites for hydroxylation is 2.